The van der Waals surface area contributed by atoms with E-state index in [1.54, 1.807) is 31.2 Å². The molecule has 0 spiro atoms. The molecular formula is C19H16FNO5S2. The smallest absolute Gasteiger partial charge is 0.341 e. The number of hydrogen-bond acceptors (Lipinski definition) is 6. The number of rotatable bonds is 6. The van der Waals surface area contributed by atoms with E-state index < -0.39 is 33.3 Å². The molecule has 2 aromatic carbocycles. The van der Waals surface area contributed by atoms with Crippen molar-refractivity contribution in [3.05, 3.63) is 59.9 Å². The average molecular weight is 421 g/mol. The number of benzene rings is 2. The summed E-state index contributed by atoms with van der Waals surface area (Å²) in [6, 6.07) is 11.3. The molecule has 0 saturated carbocycles. The number of hydrogen-bond donors (Lipinski definition) is 1. The number of amides is 1. The minimum atomic E-state index is -3.96. The first-order chi connectivity index (χ1) is 13.3. The van der Waals surface area contributed by atoms with Crippen LogP contribution in [0.2, 0.25) is 0 Å². The van der Waals surface area contributed by atoms with Gasteiger partial charge in [-0.05, 0) is 37.3 Å². The van der Waals surface area contributed by atoms with Crippen molar-refractivity contribution in [3.8, 4) is 0 Å². The van der Waals surface area contributed by atoms with Gasteiger partial charge in [0.1, 0.15) is 22.1 Å². The Kier molecular flexibility index (Phi) is 5.76. The summed E-state index contributed by atoms with van der Waals surface area (Å²) in [4.78, 5) is 24.5. The van der Waals surface area contributed by atoms with Crippen LogP contribution >= 0.6 is 11.3 Å². The van der Waals surface area contributed by atoms with Gasteiger partial charge in [-0.2, -0.15) is 0 Å². The topological polar surface area (TPSA) is 89.5 Å². The molecular weight excluding hydrogens is 405 g/mol. The van der Waals surface area contributed by atoms with Crippen LogP contribution in [0, 0.1) is 5.82 Å². The number of sulfone groups is 1. The van der Waals surface area contributed by atoms with Crippen molar-refractivity contribution in [1.29, 1.82) is 0 Å². The molecule has 0 atom stereocenters. The first kappa shape index (κ1) is 20.0. The van der Waals surface area contributed by atoms with Gasteiger partial charge in [-0.15, -0.1) is 11.3 Å². The van der Waals surface area contributed by atoms with Crippen molar-refractivity contribution in [2.45, 2.75) is 11.8 Å². The molecule has 0 fully saturated rings. The summed E-state index contributed by atoms with van der Waals surface area (Å²) >= 11 is 1.15. The fourth-order valence-electron chi connectivity index (χ4n) is 2.60. The molecule has 6 nitrogen and oxygen atoms in total. The molecule has 1 heterocycles. The number of carbonyl (C=O) groups is 2. The van der Waals surface area contributed by atoms with Crippen LogP contribution in [0.4, 0.5) is 9.39 Å². The number of nitrogens with one attached hydrogen (secondary N) is 1. The largest absolute Gasteiger partial charge is 0.462 e. The third kappa shape index (κ3) is 4.20. The van der Waals surface area contributed by atoms with Crippen LogP contribution in [0.15, 0.2) is 53.4 Å². The second-order valence-corrected chi connectivity index (χ2v) is 8.83. The zero-order valence-corrected chi connectivity index (χ0v) is 16.4. The highest BCUT2D eigenvalue weighted by molar-refractivity contribution is 7.92. The zero-order valence-electron chi connectivity index (χ0n) is 14.8. The lowest BCUT2D eigenvalue weighted by Crippen LogP contribution is -2.23. The van der Waals surface area contributed by atoms with E-state index in [1.807, 2.05) is 0 Å². The molecule has 9 heteroatoms. The Morgan fingerprint density at radius 1 is 1.11 bits per heavy atom. The van der Waals surface area contributed by atoms with Crippen LogP contribution in [-0.4, -0.2) is 32.7 Å². The van der Waals surface area contributed by atoms with Crippen LogP contribution in [0.1, 0.15) is 17.3 Å². The van der Waals surface area contributed by atoms with Crippen LogP contribution in [0.3, 0.4) is 0 Å². The Balaban J connectivity index is 1.87. The van der Waals surface area contributed by atoms with E-state index in [9.17, 15) is 22.4 Å². The van der Waals surface area contributed by atoms with Crippen molar-refractivity contribution in [3.63, 3.8) is 0 Å². The van der Waals surface area contributed by atoms with Crippen LogP contribution in [-0.2, 0) is 19.4 Å². The second kappa shape index (κ2) is 8.07. The van der Waals surface area contributed by atoms with Gasteiger partial charge in [0, 0.05) is 10.1 Å². The molecule has 3 rings (SSSR count). The summed E-state index contributed by atoms with van der Waals surface area (Å²) in [7, 11) is -3.96. The van der Waals surface area contributed by atoms with Crippen molar-refractivity contribution in [2.75, 3.05) is 17.7 Å². The molecule has 0 unspecified atom stereocenters. The summed E-state index contributed by atoms with van der Waals surface area (Å²) in [5.74, 6) is -2.82. The molecule has 0 radical (unpaired) electrons. The predicted octanol–water partition coefficient (Wildman–Crippen LogP) is 3.63. The average Bonchev–Trinajstić information content (AvgIpc) is 2.99. The number of carbonyl (C=O) groups excluding carboxylic acids is 2. The molecule has 28 heavy (non-hydrogen) atoms. The highest BCUT2D eigenvalue weighted by atomic mass is 32.2. The van der Waals surface area contributed by atoms with Gasteiger partial charge in [0.15, 0.2) is 9.84 Å². The molecule has 1 amide bonds. The van der Waals surface area contributed by atoms with E-state index in [0.29, 0.717) is 5.39 Å². The molecule has 1 aromatic heterocycles. The fraction of sp³-hybridized carbons (Fsp3) is 0.158. The van der Waals surface area contributed by atoms with E-state index in [0.717, 1.165) is 40.3 Å². The minimum absolute atomic E-state index is 0.161. The number of thiophene rings is 1. The van der Waals surface area contributed by atoms with Gasteiger partial charge in [0.05, 0.1) is 11.5 Å². The summed E-state index contributed by atoms with van der Waals surface area (Å²) in [5.41, 5.74) is 0.190. The molecule has 0 bridgehead atoms. The van der Waals surface area contributed by atoms with E-state index in [-0.39, 0.29) is 22.1 Å². The van der Waals surface area contributed by atoms with Gasteiger partial charge in [-0.25, -0.2) is 17.6 Å². The quantitative estimate of drug-likeness (QED) is 0.485. The molecule has 146 valence electrons. The van der Waals surface area contributed by atoms with E-state index >= 15 is 0 Å². The lowest BCUT2D eigenvalue weighted by Gasteiger charge is -2.07. The summed E-state index contributed by atoms with van der Waals surface area (Å²) < 4.78 is 43.5. The highest BCUT2D eigenvalue weighted by Gasteiger charge is 2.24. The fourth-order valence-corrected chi connectivity index (χ4v) is 4.84. The monoisotopic (exact) mass is 421 g/mol. The van der Waals surface area contributed by atoms with Crippen molar-refractivity contribution >= 4 is 48.1 Å². The maximum atomic E-state index is 13.0. The lowest BCUT2D eigenvalue weighted by atomic mass is 10.1. The van der Waals surface area contributed by atoms with Crippen LogP contribution in [0.5, 0.6) is 0 Å². The molecule has 0 aliphatic carbocycles. The number of anilines is 1. The van der Waals surface area contributed by atoms with Crippen molar-refractivity contribution in [1.82, 2.24) is 0 Å². The van der Waals surface area contributed by atoms with Gasteiger partial charge in [0.25, 0.3) is 0 Å². The number of halogens is 1. The minimum Gasteiger partial charge on any atom is -0.462 e. The first-order valence-electron chi connectivity index (χ1n) is 8.28. The summed E-state index contributed by atoms with van der Waals surface area (Å²) in [5, 5.41) is 3.34. The molecule has 0 saturated heterocycles. The first-order valence-corrected chi connectivity index (χ1v) is 10.8. The Morgan fingerprint density at radius 2 is 1.79 bits per heavy atom. The molecule has 0 aliphatic rings. The highest BCUT2D eigenvalue weighted by Crippen LogP contribution is 2.36. The summed E-state index contributed by atoms with van der Waals surface area (Å²) in [6.45, 7) is 1.83. The molecule has 1 N–H and O–H groups in total. The number of fused-ring (bicyclic) bond motifs is 1. The van der Waals surface area contributed by atoms with E-state index in [2.05, 4.69) is 5.32 Å². The van der Waals surface area contributed by atoms with Gasteiger partial charge in [-0.3, -0.25) is 4.79 Å². The predicted molar refractivity (Wildman–Crippen MR) is 105 cm³/mol. The third-order valence-corrected chi connectivity index (χ3v) is 6.54. The molecule has 3 aromatic rings. The van der Waals surface area contributed by atoms with E-state index in [1.165, 1.54) is 0 Å². The maximum Gasteiger partial charge on any atom is 0.341 e. The Bertz CT molecular complexity index is 1140. The maximum absolute atomic E-state index is 13.0. The van der Waals surface area contributed by atoms with Gasteiger partial charge >= 0.3 is 5.97 Å². The summed E-state index contributed by atoms with van der Waals surface area (Å²) in [6.07, 6.45) is 0. The third-order valence-electron chi connectivity index (χ3n) is 3.82. The number of esters is 1. The van der Waals surface area contributed by atoms with Crippen molar-refractivity contribution < 1.29 is 27.1 Å². The SMILES string of the molecule is CCOC(=O)c1c(NC(=O)CS(=O)(=O)c2ccc(F)cc2)sc2ccccc12. The van der Waals surface area contributed by atoms with E-state index in [4.69, 9.17) is 4.74 Å². The Labute approximate surface area is 164 Å². The normalized spacial score (nSPS) is 11.4. The van der Waals surface area contributed by atoms with Gasteiger partial charge < -0.3 is 10.1 Å². The van der Waals surface area contributed by atoms with Crippen molar-refractivity contribution in [2.24, 2.45) is 0 Å². The Morgan fingerprint density at radius 3 is 2.46 bits per heavy atom. The van der Waals surface area contributed by atoms with Gasteiger partial charge in [-0.1, -0.05) is 18.2 Å². The Hall–Kier alpha value is -2.78. The van der Waals surface area contributed by atoms with Crippen LogP contribution < -0.4 is 5.32 Å². The second-order valence-electron chi connectivity index (χ2n) is 5.78. The standard InChI is InChI=1S/C19H16FNO5S2/c1-2-26-19(23)17-14-5-3-4-6-15(14)27-18(17)21-16(22)11-28(24,25)13-9-7-12(20)8-10-13/h3-10H,2,11H2,1H3,(H,21,22). The van der Waals surface area contributed by atoms with Gasteiger partial charge in [0.2, 0.25) is 5.91 Å². The van der Waals surface area contributed by atoms with Crippen LogP contribution in [0.25, 0.3) is 10.1 Å². The number of ether oxygens (including phenoxy) is 1. The lowest BCUT2D eigenvalue weighted by molar-refractivity contribution is -0.113. The zero-order chi connectivity index (χ0) is 20.3. The molecule has 0 aliphatic heterocycles.